The van der Waals surface area contributed by atoms with E-state index in [2.05, 4.69) is 29.7 Å². The highest BCUT2D eigenvalue weighted by Gasteiger charge is 2.34. The van der Waals surface area contributed by atoms with Crippen LogP contribution >= 0.6 is 0 Å². The van der Waals surface area contributed by atoms with E-state index in [0.29, 0.717) is 24.4 Å². The van der Waals surface area contributed by atoms with Gasteiger partial charge >= 0.3 is 0 Å². The van der Waals surface area contributed by atoms with Crippen LogP contribution in [0.3, 0.4) is 0 Å². The number of carbonyl (C=O) groups is 1. The normalized spacial score (nSPS) is 21.0. The van der Waals surface area contributed by atoms with Crippen molar-refractivity contribution >= 4 is 5.91 Å². The summed E-state index contributed by atoms with van der Waals surface area (Å²) in [6.45, 7) is 2.32. The lowest BCUT2D eigenvalue weighted by Gasteiger charge is -2.32. The average molecular weight is 369 g/mol. The van der Waals surface area contributed by atoms with Gasteiger partial charge < -0.3 is 9.47 Å². The topological polar surface area (TPSA) is 81.7 Å². The Morgan fingerprint density at radius 3 is 2.56 bits per heavy atom. The molecule has 2 saturated carbocycles. The predicted octanol–water partition coefficient (Wildman–Crippen LogP) is 2.15. The van der Waals surface area contributed by atoms with Crippen LogP contribution in [-0.4, -0.2) is 53.4 Å². The average Bonchev–Trinajstić information content (AvgIpc) is 3.62. The summed E-state index contributed by atoms with van der Waals surface area (Å²) < 4.78 is 4.14. The molecule has 1 saturated heterocycles. The van der Waals surface area contributed by atoms with Gasteiger partial charge in [-0.05, 0) is 38.0 Å². The van der Waals surface area contributed by atoms with Crippen molar-refractivity contribution in [3.8, 4) is 0 Å². The number of rotatable bonds is 7. The molecule has 0 atom stereocenters. The van der Waals surface area contributed by atoms with E-state index in [1.807, 2.05) is 0 Å². The van der Waals surface area contributed by atoms with Gasteiger partial charge in [0.1, 0.15) is 25.0 Å². The summed E-state index contributed by atoms with van der Waals surface area (Å²) in [7, 11) is 0. The van der Waals surface area contributed by atoms with Crippen LogP contribution < -0.4 is 0 Å². The van der Waals surface area contributed by atoms with Crippen LogP contribution in [0.15, 0.2) is 12.7 Å². The Bertz CT molecular complexity index is 783. The van der Waals surface area contributed by atoms with Gasteiger partial charge in [-0.25, -0.2) is 9.67 Å². The van der Waals surface area contributed by atoms with Crippen molar-refractivity contribution in [3.05, 3.63) is 24.3 Å². The van der Waals surface area contributed by atoms with Crippen molar-refractivity contribution in [2.24, 2.45) is 5.92 Å². The monoisotopic (exact) mass is 369 g/mol. The van der Waals surface area contributed by atoms with Crippen molar-refractivity contribution in [3.63, 3.8) is 0 Å². The molecular weight excluding hydrogens is 342 g/mol. The molecule has 0 unspecified atom stereocenters. The maximum Gasteiger partial charge on any atom is 0.222 e. The molecule has 2 aromatic heterocycles. The van der Waals surface area contributed by atoms with E-state index in [1.165, 1.54) is 25.7 Å². The molecule has 27 heavy (non-hydrogen) atoms. The van der Waals surface area contributed by atoms with Crippen molar-refractivity contribution < 1.29 is 4.79 Å². The van der Waals surface area contributed by atoms with E-state index in [0.717, 1.165) is 56.3 Å². The Morgan fingerprint density at radius 1 is 1.07 bits per heavy atom. The summed E-state index contributed by atoms with van der Waals surface area (Å²) in [5.41, 5.74) is 0. The molecule has 0 N–H and O–H groups in total. The minimum Gasteiger partial charge on any atom is -0.343 e. The quantitative estimate of drug-likeness (QED) is 0.747. The van der Waals surface area contributed by atoms with Crippen molar-refractivity contribution in [2.45, 2.75) is 69.9 Å². The lowest BCUT2D eigenvalue weighted by molar-refractivity contribution is -0.132. The van der Waals surface area contributed by atoms with Crippen LogP contribution in [0.25, 0.3) is 0 Å². The van der Waals surface area contributed by atoms with Crippen LogP contribution in [0.5, 0.6) is 0 Å². The molecule has 0 bridgehead atoms. The molecule has 8 nitrogen and oxygen atoms in total. The highest BCUT2D eigenvalue weighted by molar-refractivity contribution is 5.76. The number of nitrogens with zero attached hydrogens (tertiary/aromatic N) is 7. The minimum atomic E-state index is 0.343. The zero-order valence-electron chi connectivity index (χ0n) is 15.7. The number of hydrogen-bond acceptors (Lipinski definition) is 5. The lowest BCUT2D eigenvalue weighted by atomic mass is 9.95. The van der Waals surface area contributed by atoms with Gasteiger partial charge in [0.25, 0.3) is 0 Å². The van der Waals surface area contributed by atoms with Crippen LogP contribution in [-0.2, 0) is 11.3 Å². The second-order valence-corrected chi connectivity index (χ2v) is 8.31. The lowest BCUT2D eigenvalue weighted by Crippen LogP contribution is -2.38. The number of aromatic nitrogens is 6. The largest absolute Gasteiger partial charge is 0.343 e. The highest BCUT2D eigenvalue weighted by Crippen LogP contribution is 2.40. The molecule has 3 aliphatic rings. The molecule has 2 aromatic rings. The molecule has 0 radical (unpaired) electrons. The molecule has 0 aromatic carbocycles. The summed E-state index contributed by atoms with van der Waals surface area (Å²) in [4.78, 5) is 18.5. The van der Waals surface area contributed by atoms with Crippen LogP contribution in [0.4, 0.5) is 0 Å². The summed E-state index contributed by atoms with van der Waals surface area (Å²) in [5, 5.41) is 13.2. The van der Waals surface area contributed by atoms with Crippen LogP contribution in [0, 0.1) is 5.92 Å². The Morgan fingerprint density at radius 2 is 1.89 bits per heavy atom. The second kappa shape index (κ2) is 7.05. The van der Waals surface area contributed by atoms with Crippen LogP contribution in [0.2, 0.25) is 0 Å². The summed E-state index contributed by atoms with van der Waals surface area (Å²) in [6.07, 6.45) is 12.1. The maximum absolute atomic E-state index is 12.4. The van der Waals surface area contributed by atoms with E-state index in [-0.39, 0.29) is 0 Å². The van der Waals surface area contributed by atoms with Gasteiger partial charge in [-0.1, -0.05) is 12.8 Å². The first kappa shape index (κ1) is 16.9. The fourth-order valence-corrected chi connectivity index (χ4v) is 4.19. The first-order valence-corrected chi connectivity index (χ1v) is 10.3. The summed E-state index contributed by atoms with van der Waals surface area (Å²) in [6, 6.07) is 0.534. The van der Waals surface area contributed by atoms with Gasteiger partial charge in [0.2, 0.25) is 5.91 Å². The molecule has 5 rings (SSSR count). The molecule has 3 heterocycles. The Kier molecular flexibility index (Phi) is 4.41. The van der Waals surface area contributed by atoms with Gasteiger partial charge in [0.15, 0.2) is 5.82 Å². The number of piperidine rings is 1. The van der Waals surface area contributed by atoms with E-state index in [9.17, 15) is 4.79 Å². The van der Waals surface area contributed by atoms with Crippen LogP contribution in [0.1, 0.15) is 75.0 Å². The zero-order valence-corrected chi connectivity index (χ0v) is 15.7. The number of likely N-dealkylation sites (tertiary alicyclic amines) is 1. The molecule has 2 aliphatic carbocycles. The third-order valence-corrected chi connectivity index (χ3v) is 6.15. The molecule has 1 amide bonds. The summed E-state index contributed by atoms with van der Waals surface area (Å²) >= 11 is 0. The Balaban J connectivity index is 1.24. The van der Waals surface area contributed by atoms with Crippen molar-refractivity contribution in [1.29, 1.82) is 0 Å². The fourth-order valence-electron chi connectivity index (χ4n) is 4.19. The number of hydrogen-bond donors (Lipinski definition) is 0. The van der Waals surface area contributed by atoms with E-state index >= 15 is 0 Å². The highest BCUT2D eigenvalue weighted by atomic mass is 16.2. The first-order chi connectivity index (χ1) is 13.3. The molecule has 8 heteroatoms. The SMILES string of the molecule is O=C(CCC1CC1)N1CCC(c2nnc(Cn3cncn3)n2C2CC2)CC1. The zero-order chi connectivity index (χ0) is 18.2. The third-order valence-electron chi connectivity index (χ3n) is 6.15. The van der Waals surface area contributed by atoms with Crippen molar-refractivity contribution in [2.75, 3.05) is 13.1 Å². The Hall–Kier alpha value is -2.25. The second-order valence-electron chi connectivity index (χ2n) is 8.31. The molecule has 3 fully saturated rings. The van der Waals surface area contributed by atoms with Gasteiger partial charge in [-0.3, -0.25) is 4.79 Å². The van der Waals surface area contributed by atoms with Crippen molar-refractivity contribution in [1.82, 2.24) is 34.4 Å². The molecule has 144 valence electrons. The third kappa shape index (κ3) is 3.75. The maximum atomic E-state index is 12.4. The molecular formula is C19H27N7O. The number of carbonyl (C=O) groups excluding carboxylic acids is 1. The van der Waals surface area contributed by atoms with Gasteiger partial charge in [-0.2, -0.15) is 5.10 Å². The fraction of sp³-hybridized carbons (Fsp3) is 0.737. The number of amides is 1. The van der Waals surface area contributed by atoms with E-state index in [1.54, 1.807) is 17.3 Å². The van der Waals surface area contributed by atoms with Gasteiger partial charge in [0.05, 0.1) is 0 Å². The minimum absolute atomic E-state index is 0.343. The van der Waals surface area contributed by atoms with Gasteiger partial charge in [0, 0.05) is 31.5 Å². The Labute approximate surface area is 159 Å². The first-order valence-electron chi connectivity index (χ1n) is 10.3. The molecule has 1 aliphatic heterocycles. The smallest absolute Gasteiger partial charge is 0.222 e. The van der Waals surface area contributed by atoms with E-state index < -0.39 is 0 Å². The summed E-state index contributed by atoms with van der Waals surface area (Å²) in [5.74, 6) is 3.65. The predicted molar refractivity (Wildman–Crippen MR) is 97.9 cm³/mol. The molecule has 0 spiro atoms. The van der Waals surface area contributed by atoms with Gasteiger partial charge in [-0.15, -0.1) is 10.2 Å². The standard InChI is InChI=1S/C19H27N7O/c27-18(6-3-14-1-2-14)24-9-7-15(8-10-24)19-23-22-17(26(19)16-4-5-16)11-25-13-20-12-21-25/h12-16H,1-11H2. The van der Waals surface area contributed by atoms with E-state index in [4.69, 9.17) is 0 Å².